The molecule has 0 aliphatic carbocycles. The Morgan fingerprint density at radius 2 is 2.07 bits per heavy atom. The molecule has 2 nitrogen and oxygen atoms in total. The van der Waals surface area contributed by atoms with Gasteiger partial charge in [-0.15, -0.1) is 0 Å². The summed E-state index contributed by atoms with van der Waals surface area (Å²) in [5.41, 5.74) is 0. The number of likely N-dealkylation sites (N-methyl/N-ethyl adjacent to an activating group) is 1. The summed E-state index contributed by atoms with van der Waals surface area (Å²) in [4.78, 5) is 2.30. The van der Waals surface area contributed by atoms with Gasteiger partial charge in [-0.05, 0) is 60.3 Å². The minimum absolute atomic E-state index is 0.375. The third-order valence-electron chi connectivity index (χ3n) is 2.46. The van der Waals surface area contributed by atoms with E-state index in [2.05, 4.69) is 46.7 Å². The SMILES string of the molecule is CN1CC[C@@H](Oc2ccc(I)cc2)C1. The van der Waals surface area contributed by atoms with Crippen LogP contribution in [0.2, 0.25) is 0 Å². The summed E-state index contributed by atoms with van der Waals surface area (Å²) in [5.74, 6) is 0.991. The zero-order valence-electron chi connectivity index (χ0n) is 8.24. The van der Waals surface area contributed by atoms with Gasteiger partial charge >= 0.3 is 0 Å². The van der Waals surface area contributed by atoms with E-state index in [-0.39, 0.29) is 0 Å². The van der Waals surface area contributed by atoms with E-state index < -0.39 is 0 Å². The van der Waals surface area contributed by atoms with Gasteiger partial charge in [0, 0.05) is 16.7 Å². The average molecular weight is 303 g/mol. The highest BCUT2D eigenvalue weighted by molar-refractivity contribution is 14.1. The van der Waals surface area contributed by atoms with Crippen LogP contribution >= 0.6 is 22.6 Å². The first-order valence-electron chi connectivity index (χ1n) is 4.85. The van der Waals surface area contributed by atoms with E-state index in [9.17, 15) is 0 Å². The van der Waals surface area contributed by atoms with Crippen molar-refractivity contribution in [3.05, 3.63) is 27.8 Å². The molecular weight excluding hydrogens is 289 g/mol. The summed E-state index contributed by atoms with van der Waals surface area (Å²) in [6.45, 7) is 2.20. The number of likely N-dealkylation sites (tertiary alicyclic amines) is 1. The van der Waals surface area contributed by atoms with Gasteiger partial charge in [0.25, 0.3) is 0 Å². The molecule has 0 N–H and O–H groups in total. The maximum atomic E-state index is 5.86. The number of hydrogen-bond acceptors (Lipinski definition) is 2. The Morgan fingerprint density at radius 1 is 1.36 bits per heavy atom. The van der Waals surface area contributed by atoms with Crippen LogP contribution in [0.5, 0.6) is 5.75 Å². The van der Waals surface area contributed by atoms with Crippen LogP contribution in [-0.4, -0.2) is 31.1 Å². The molecule has 1 aliphatic rings. The monoisotopic (exact) mass is 303 g/mol. The van der Waals surface area contributed by atoms with Crippen LogP contribution in [0.15, 0.2) is 24.3 Å². The minimum Gasteiger partial charge on any atom is -0.489 e. The lowest BCUT2D eigenvalue weighted by Gasteiger charge is -2.13. The Morgan fingerprint density at radius 3 is 2.64 bits per heavy atom. The number of hydrogen-bond donors (Lipinski definition) is 0. The Balaban J connectivity index is 1.94. The Bertz CT molecular complexity index is 299. The molecule has 76 valence electrons. The van der Waals surface area contributed by atoms with Crippen molar-refractivity contribution in [3.63, 3.8) is 0 Å². The van der Waals surface area contributed by atoms with Crippen LogP contribution < -0.4 is 4.74 Å². The largest absolute Gasteiger partial charge is 0.489 e. The van der Waals surface area contributed by atoms with Crippen LogP contribution in [0.25, 0.3) is 0 Å². The van der Waals surface area contributed by atoms with Gasteiger partial charge in [0.15, 0.2) is 0 Å². The van der Waals surface area contributed by atoms with Gasteiger partial charge in [-0.1, -0.05) is 0 Å². The predicted octanol–water partition coefficient (Wildman–Crippen LogP) is 2.37. The molecule has 3 heteroatoms. The third-order valence-corrected chi connectivity index (χ3v) is 3.18. The highest BCUT2D eigenvalue weighted by atomic mass is 127. The number of ether oxygens (including phenoxy) is 1. The zero-order valence-corrected chi connectivity index (χ0v) is 10.4. The van der Waals surface area contributed by atoms with Crippen LogP contribution in [0.3, 0.4) is 0 Å². The first-order valence-corrected chi connectivity index (χ1v) is 5.93. The van der Waals surface area contributed by atoms with E-state index >= 15 is 0 Å². The van der Waals surface area contributed by atoms with Gasteiger partial charge in [0.05, 0.1) is 0 Å². The molecule has 1 fully saturated rings. The van der Waals surface area contributed by atoms with Crippen LogP contribution in [0, 0.1) is 3.57 Å². The van der Waals surface area contributed by atoms with E-state index in [0.717, 1.165) is 25.3 Å². The van der Waals surface area contributed by atoms with E-state index in [1.54, 1.807) is 0 Å². The molecular formula is C11H14INO. The molecule has 1 aliphatic heterocycles. The maximum Gasteiger partial charge on any atom is 0.119 e. The lowest BCUT2D eigenvalue weighted by molar-refractivity contribution is 0.208. The van der Waals surface area contributed by atoms with Crippen molar-refractivity contribution in [1.82, 2.24) is 4.90 Å². The fraction of sp³-hybridized carbons (Fsp3) is 0.455. The molecule has 0 amide bonds. The summed E-state index contributed by atoms with van der Waals surface area (Å²) in [6, 6.07) is 8.24. The highest BCUT2D eigenvalue weighted by Crippen LogP contribution is 2.18. The van der Waals surface area contributed by atoms with Crippen molar-refractivity contribution in [2.45, 2.75) is 12.5 Å². The van der Waals surface area contributed by atoms with Gasteiger partial charge in [0.2, 0.25) is 0 Å². The van der Waals surface area contributed by atoms with E-state index in [1.165, 1.54) is 3.57 Å². The Kier molecular flexibility index (Phi) is 3.28. The summed E-state index contributed by atoms with van der Waals surface area (Å²) >= 11 is 2.30. The molecule has 2 rings (SSSR count). The Hall–Kier alpha value is -0.290. The van der Waals surface area contributed by atoms with Gasteiger partial charge in [-0.2, -0.15) is 0 Å². The maximum absolute atomic E-state index is 5.86. The molecule has 1 atom stereocenters. The van der Waals surface area contributed by atoms with Crippen molar-refractivity contribution >= 4 is 22.6 Å². The summed E-state index contributed by atoms with van der Waals surface area (Å²) in [7, 11) is 2.14. The smallest absolute Gasteiger partial charge is 0.119 e. The molecule has 0 aromatic heterocycles. The van der Waals surface area contributed by atoms with Crippen molar-refractivity contribution in [2.24, 2.45) is 0 Å². The average Bonchev–Trinajstić information content (AvgIpc) is 2.56. The van der Waals surface area contributed by atoms with Crippen molar-refractivity contribution in [3.8, 4) is 5.75 Å². The van der Waals surface area contributed by atoms with Gasteiger partial charge in [-0.3, -0.25) is 0 Å². The second-order valence-corrected chi connectivity index (χ2v) is 4.99. The number of nitrogens with zero attached hydrogens (tertiary/aromatic N) is 1. The number of benzene rings is 1. The molecule has 0 bridgehead atoms. The third kappa shape index (κ3) is 2.60. The van der Waals surface area contributed by atoms with E-state index in [1.807, 2.05) is 12.1 Å². The first-order chi connectivity index (χ1) is 6.74. The van der Waals surface area contributed by atoms with Crippen molar-refractivity contribution in [2.75, 3.05) is 20.1 Å². The lowest BCUT2D eigenvalue weighted by atomic mass is 10.3. The van der Waals surface area contributed by atoms with Crippen molar-refractivity contribution < 1.29 is 4.74 Å². The molecule has 14 heavy (non-hydrogen) atoms. The number of rotatable bonds is 2. The quantitative estimate of drug-likeness (QED) is 0.778. The van der Waals surface area contributed by atoms with Crippen LogP contribution in [0.1, 0.15) is 6.42 Å². The standard InChI is InChI=1S/C11H14INO/c1-13-7-6-11(8-13)14-10-4-2-9(12)3-5-10/h2-5,11H,6-8H2,1H3/t11-/m1/s1. The normalized spacial score (nSPS) is 22.6. The molecule has 1 heterocycles. The second-order valence-electron chi connectivity index (χ2n) is 3.74. The molecule has 0 spiro atoms. The molecule has 1 saturated heterocycles. The fourth-order valence-corrected chi connectivity index (χ4v) is 2.06. The molecule has 0 radical (unpaired) electrons. The summed E-state index contributed by atoms with van der Waals surface area (Å²) in [5, 5.41) is 0. The molecule has 1 aromatic carbocycles. The molecule has 0 saturated carbocycles. The second kappa shape index (κ2) is 4.49. The van der Waals surface area contributed by atoms with Gasteiger partial charge in [-0.25, -0.2) is 0 Å². The predicted molar refractivity (Wildman–Crippen MR) is 65.7 cm³/mol. The first kappa shape index (κ1) is 10.2. The highest BCUT2D eigenvalue weighted by Gasteiger charge is 2.20. The van der Waals surface area contributed by atoms with Crippen LogP contribution in [0.4, 0.5) is 0 Å². The lowest BCUT2D eigenvalue weighted by Crippen LogP contribution is -2.21. The summed E-state index contributed by atoms with van der Waals surface area (Å²) < 4.78 is 7.10. The van der Waals surface area contributed by atoms with E-state index in [4.69, 9.17) is 4.74 Å². The molecule has 1 aromatic rings. The van der Waals surface area contributed by atoms with E-state index in [0.29, 0.717) is 6.10 Å². The fourth-order valence-electron chi connectivity index (χ4n) is 1.70. The van der Waals surface area contributed by atoms with Gasteiger partial charge in [0.1, 0.15) is 11.9 Å². The van der Waals surface area contributed by atoms with Gasteiger partial charge < -0.3 is 9.64 Å². The topological polar surface area (TPSA) is 12.5 Å². The van der Waals surface area contributed by atoms with Crippen molar-refractivity contribution in [1.29, 1.82) is 0 Å². The number of halogens is 1. The summed E-state index contributed by atoms with van der Waals surface area (Å²) in [6.07, 6.45) is 1.52. The minimum atomic E-state index is 0.375. The zero-order chi connectivity index (χ0) is 9.97. The molecule has 0 unspecified atom stereocenters. The van der Waals surface area contributed by atoms with Crippen LogP contribution in [-0.2, 0) is 0 Å². The Labute approximate surface area is 98.4 Å².